The van der Waals surface area contributed by atoms with Gasteiger partial charge in [0.25, 0.3) is 0 Å². The molecule has 1 aromatic carbocycles. The molecule has 1 heterocycles. The maximum atomic E-state index is 5.49. The molecule has 1 fully saturated rings. The zero-order valence-electron chi connectivity index (χ0n) is 7.62. The Balaban J connectivity index is 2.12. The zero-order valence-corrected chi connectivity index (χ0v) is 8.43. The van der Waals surface area contributed by atoms with E-state index in [1.165, 1.54) is 10.5 Å². The average molecular weight is 195 g/mol. The van der Waals surface area contributed by atoms with Gasteiger partial charge in [-0.15, -0.1) is 11.8 Å². The van der Waals surface area contributed by atoms with Crippen LogP contribution in [-0.4, -0.2) is 19.5 Å². The molecule has 70 valence electrons. The number of hydrogen-bond donors (Lipinski definition) is 1. The van der Waals surface area contributed by atoms with E-state index in [0.717, 1.165) is 6.54 Å². The van der Waals surface area contributed by atoms with E-state index in [4.69, 9.17) is 4.74 Å². The van der Waals surface area contributed by atoms with Crippen LogP contribution in [0.5, 0.6) is 0 Å². The molecule has 1 saturated heterocycles. The van der Waals surface area contributed by atoms with Crippen molar-refractivity contribution in [3.63, 3.8) is 0 Å². The lowest BCUT2D eigenvalue weighted by atomic mass is 10.1. The first kappa shape index (κ1) is 9.06. The van der Waals surface area contributed by atoms with Crippen molar-refractivity contribution < 1.29 is 4.74 Å². The molecule has 1 N–H and O–H groups in total. The SMILES string of the molecule is CSc1ccc(C2CNCO2)cc1. The molecule has 2 nitrogen and oxygen atoms in total. The van der Waals surface area contributed by atoms with E-state index >= 15 is 0 Å². The van der Waals surface area contributed by atoms with Gasteiger partial charge in [0.1, 0.15) is 0 Å². The van der Waals surface area contributed by atoms with Crippen molar-refractivity contribution >= 4 is 11.8 Å². The molecule has 2 rings (SSSR count). The van der Waals surface area contributed by atoms with Crippen molar-refractivity contribution in [3.8, 4) is 0 Å². The lowest BCUT2D eigenvalue weighted by molar-refractivity contribution is 0.114. The average Bonchev–Trinajstić information content (AvgIpc) is 2.71. The fraction of sp³-hybridized carbons (Fsp3) is 0.400. The number of thioether (sulfide) groups is 1. The number of benzene rings is 1. The standard InChI is InChI=1S/C10H13NOS/c1-13-9-4-2-8(3-5-9)10-6-11-7-12-10/h2-5,10-11H,6-7H2,1H3. The molecule has 0 amide bonds. The van der Waals surface area contributed by atoms with E-state index in [-0.39, 0.29) is 6.10 Å². The Bertz CT molecular complexity index is 267. The van der Waals surface area contributed by atoms with Crippen LogP contribution < -0.4 is 5.32 Å². The van der Waals surface area contributed by atoms with E-state index in [2.05, 4.69) is 35.8 Å². The fourth-order valence-corrected chi connectivity index (χ4v) is 1.85. The first-order valence-electron chi connectivity index (χ1n) is 4.36. The minimum Gasteiger partial charge on any atom is -0.357 e. The number of ether oxygens (including phenoxy) is 1. The summed E-state index contributed by atoms with van der Waals surface area (Å²) in [5, 5.41) is 3.17. The summed E-state index contributed by atoms with van der Waals surface area (Å²) in [6.07, 6.45) is 2.33. The summed E-state index contributed by atoms with van der Waals surface area (Å²) in [7, 11) is 0. The van der Waals surface area contributed by atoms with Gasteiger partial charge in [0.15, 0.2) is 0 Å². The minimum absolute atomic E-state index is 0.246. The van der Waals surface area contributed by atoms with Crippen LogP contribution >= 0.6 is 11.8 Å². The highest BCUT2D eigenvalue weighted by Gasteiger charge is 2.16. The Morgan fingerprint density at radius 3 is 2.69 bits per heavy atom. The molecule has 0 radical (unpaired) electrons. The third-order valence-electron chi connectivity index (χ3n) is 2.20. The lowest BCUT2D eigenvalue weighted by Crippen LogP contribution is -2.07. The normalized spacial score (nSPS) is 22.1. The summed E-state index contributed by atoms with van der Waals surface area (Å²) in [5.74, 6) is 0. The van der Waals surface area contributed by atoms with Gasteiger partial charge >= 0.3 is 0 Å². The summed E-state index contributed by atoms with van der Waals surface area (Å²) < 4.78 is 5.49. The number of nitrogens with one attached hydrogen (secondary N) is 1. The summed E-state index contributed by atoms with van der Waals surface area (Å²) >= 11 is 1.76. The predicted molar refractivity (Wildman–Crippen MR) is 54.9 cm³/mol. The summed E-state index contributed by atoms with van der Waals surface area (Å²) in [4.78, 5) is 1.30. The van der Waals surface area contributed by atoms with Crippen LogP contribution in [0.1, 0.15) is 11.7 Å². The first-order chi connectivity index (χ1) is 6.40. The van der Waals surface area contributed by atoms with Crippen molar-refractivity contribution in [2.45, 2.75) is 11.0 Å². The maximum absolute atomic E-state index is 5.49. The summed E-state index contributed by atoms with van der Waals surface area (Å²) in [5.41, 5.74) is 1.27. The molecular formula is C10H13NOS. The quantitative estimate of drug-likeness (QED) is 0.730. The van der Waals surface area contributed by atoms with Gasteiger partial charge in [-0.3, -0.25) is 5.32 Å². The van der Waals surface area contributed by atoms with Crippen molar-refractivity contribution in [2.24, 2.45) is 0 Å². The molecule has 0 bridgehead atoms. The van der Waals surface area contributed by atoms with Crippen LogP contribution in [0.25, 0.3) is 0 Å². The van der Waals surface area contributed by atoms with Crippen molar-refractivity contribution in [3.05, 3.63) is 29.8 Å². The molecule has 3 heteroatoms. The van der Waals surface area contributed by atoms with Crippen LogP contribution in [0, 0.1) is 0 Å². The molecule has 0 spiro atoms. The highest BCUT2D eigenvalue weighted by atomic mass is 32.2. The molecule has 0 saturated carbocycles. The molecular weight excluding hydrogens is 182 g/mol. The van der Waals surface area contributed by atoms with Crippen LogP contribution in [0.3, 0.4) is 0 Å². The first-order valence-corrected chi connectivity index (χ1v) is 5.59. The fourth-order valence-electron chi connectivity index (χ4n) is 1.44. The summed E-state index contributed by atoms with van der Waals surface area (Å²) in [6.45, 7) is 1.60. The van der Waals surface area contributed by atoms with Gasteiger partial charge < -0.3 is 4.74 Å². The van der Waals surface area contributed by atoms with Gasteiger partial charge in [0.05, 0.1) is 12.8 Å². The highest BCUT2D eigenvalue weighted by Crippen LogP contribution is 2.22. The van der Waals surface area contributed by atoms with Gasteiger partial charge in [-0.1, -0.05) is 12.1 Å². The largest absolute Gasteiger partial charge is 0.357 e. The van der Waals surface area contributed by atoms with Crippen LogP contribution in [-0.2, 0) is 4.74 Å². The van der Waals surface area contributed by atoms with Gasteiger partial charge in [-0.2, -0.15) is 0 Å². The Morgan fingerprint density at radius 2 is 2.15 bits per heavy atom. The summed E-state index contributed by atoms with van der Waals surface area (Å²) in [6, 6.07) is 8.57. The Kier molecular flexibility index (Phi) is 2.88. The number of rotatable bonds is 2. The monoisotopic (exact) mass is 195 g/mol. The zero-order chi connectivity index (χ0) is 9.10. The third-order valence-corrected chi connectivity index (χ3v) is 2.95. The van der Waals surface area contributed by atoms with Gasteiger partial charge in [-0.25, -0.2) is 0 Å². The molecule has 1 aliphatic rings. The van der Waals surface area contributed by atoms with Crippen LogP contribution in [0.2, 0.25) is 0 Å². The van der Waals surface area contributed by atoms with E-state index in [1.807, 2.05) is 0 Å². The van der Waals surface area contributed by atoms with Crippen molar-refractivity contribution in [1.82, 2.24) is 5.32 Å². The maximum Gasteiger partial charge on any atom is 0.0975 e. The molecule has 1 aliphatic heterocycles. The molecule has 13 heavy (non-hydrogen) atoms. The second-order valence-electron chi connectivity index (χ2n) is 3.03. The van der Waals surface area contributed by atoms with Gasteiger partial charge in [0, 0.05) is 11.4 Å². The second kappa shape index (κ2) is 4.13. The van der Waals surface area contributed by atoms with Crippen molar-refractivity contribution in [2.75, 3.05) is 19.5 Å². The second-order valence-corrected chi connectivity index (χ2v) is 3.91. The van der Waals surface area contributed by atoms with Crippen molar-refractivity contribution in [1.29, 1.82) is 0 Å². The van der Waals surface area contributed by atoms with Crippen LogP contribution in [0.4, 0.5) is 0 Å². The molecule has 1 unspecified atom stereocenters. The van der Waals surface area contributed by atoms with E-state index in [0.29, 0.717) is 6.73 Å². The van der Waals surface area contributed by atoms with E-state index in [1.54, 1.807) is 11.8 Å². The minimum atomic E-state index is 0.246. The molecule has 0 aromatic heterocycles. The Morgan fingerprint density at radius 1 is 1.38 bits per heavy atom. The lowest BCUT2D eigenvalue weighted by Gasteiger charge is -2.08. The Labute approximate surface area is 82.7 Å². The molecule has 0 aliphatic carbocycles. The predicted octanol–water partition coefficient (Wildman–Crippen LogP) is 2.03. The number of hydrogen-bond acceptors (Lipinski definition) is 3. The smallest absolute Gasteiger partial charge is 0.0975 e. The van der Waals surface area contributed by atoms with Gasteiger partial charge in [-0.05, 0) is 24.0 Å². The van der Waals surface area contributed by atoms with E-state index in [9.17, 15) is 0 Å². The topological polar surface area (TPSA) is 21.3 Å². The molecule has 1 aromatic rings. The Hall–Kier alpha value is -0.510. The van der Waals surface area contributed by atoms with E-state index < -0.39 is 0 Å². The highest BCUT2D eigenvalue weighted by molar-refractivity contribution is 7.98. The van der Waals surface area contributed by atoms with Gasteiger partial charge in [0.2, 0.25) is 0 Å². The van der Waals surface area contributed by atoms with Crippen LogP contribution in [0.15, 0.2) is 29.2 Å². The molecule has 1 atom stereocenters. The third kappa shape index (κ3) is 2.05.